The summed E-state index contributed by atoms with van der Waals surface area (Å²) in [6.45, 7) is 1.80. The third kappa shape index (κ3) is 2.67. The van der Waals surface area contributed by atoms with Crippen LogP contribution in [0.3, 0.4) is 0 Å². The number of benzene rings is 1. The monoisotopic (exact) mass is 222 g/mol. The highest BCUT2D eigenvalue weighted by atomic mass is 35.7. The van der Waals surface area contributed by atoms with E-state index in [1.54, 1.807) is 6.92 Å². The van der Waals surface area contributed by atoms with Gasteiger partial charge in [-0.15, -0.1) is 0 Å². The van der Waals surface area contributed by atoms with Gasteiger partial charge in [0, 0.05) is 10.7 Å². The molecule has 0 spiro atoms. The number of halogens is 2. The molecule has 1 aromatic rings. The van der Waals surface area contributed by atoms with Gasteiger partial charge < -0.3 is 0 Å². The molecule has 0 unspecified atom stereocenters. The van der Waals surface area contributed by atoms with Gasteiger partial charge >= 0.3 is 0 Å². The fourth-order valence-corrected chi connectivity index (χ4v) is 1.78. The highest BCUT2D eigenvalue weighted by Gasteiger charge is 2.11. The third-order valence-corrected chi connectivity index (χ3v) is 2.95. The predicted octanol–water partition coefficient (Wildman–Crippen LogP) is 2.32. The van der Waals surface area contributed by atoms with Gasteiger partial charge in [0.1, 0.15) is 5.82 Å². The van der Waals surface area contributed by atoms with Gasteiger partial charge in [-0.3, -0.25) is 0 Å². The summed E-state index contributed by atoms with van der Waals surface area (Å²) in [7, 11) is 1.24. The Labute approximate surface area is 80.8 Å². The van der Waals surface area contributed by atoms with Crippen molar-refractivity contribution in [2.24, 2.45) is 0 Å². The van der Waals surface area contributed by atoms with Crippen LogP contribution in [-0.4, -0.2) is 8.42 Å². The first-order valence-electron chi connectivity index (χ1n) is 3.67. The van der Waals surface area contributed by atoms with E-state index in [1.165, 1.54) is 12.1 Å². The molecule has 0 bridgehead atoms. The van der Waals surface area contributed by atoms with Crippen LogP contribution in [0.4, 0.5) is 4.39 Å². The van der Waals surface area contributed by atoms with Gasteiger partial charge in [0.25, 0.3) is 9.05 Å². The Morgan fingerprint density at radius 3 is 2.46 bits per heavy atom. The Morgan fingerprint density at radius 2 is 2.00 bits per heavy atom. The largest absolute Gasteiger partial charge is 0.261 e. The lowest BCUT2D eigenvalue weighted by molar-refractivity contribution is 0.601. The van der Waals surface area contributed by atoms with E-state index in [4.69, 9.17) is 10.7 Å². The number of hydrogen-bond donors (Lipinski definition) is 0. The van der Waals surface area contributed by atoms with Gasteiger partial charge in [-0.1, -0.05) is 6.92 Å². The normalized spacial score (nSPS) is 11.6. The maximum Gasteiger partial charge on any atom is 0.261 e. The zero-order valence-corrected chi connectivity index (χ0v) is 8.49. The Bertz CT molecular complexity index is 414. The summed E-state index contributed by atoms with van der Waals surface area (Å²) >= 11 is 0. The molecule has 72 valence electrons. The second-order valence-electron chi connectivity index (χ2n) is 2.59. The molecule has 2 nitrogen and oxygen atoms in total. The topological polar surface area (TPSA) is 34.1 Å². The first-order chi connectivity index (χ1) is 5.93. The summed E-state index contributed by atoms with van der Waals surface area (Å²) in [5, 5.41) is 0. The van der Waals surface area contributed by atoms with E-state index in [-0.39, 0.29) is 4.90 Å². The molecule has 0 heterocycles. The van der Waals surface area contributed by atoms with Crippen LogP contribution in [0.1, 0.15) is 12.5 Å². The highest BCUT2D eigenvalue weighted by molar-refractivity contribution is 8.13. The van der Waals surface area contributed by atoms with E-state index >= 15 is 0 Å². The van der Waals surface area contributed by atoms with Crippen molar-refractivity contribution in [2.75, 3.05) is 0 Å². The molecule has 0 atom stereocenters. The van der Waals surface area contributed by atoms with Gasteiger partial charge in [-0.05, 0) is 30.2 Å². The maximum atomic E-state index is 12.8. The molecule has 0 N–H and O–H groups in total. The standard InChI is InChI=1S/C8H8ClFO2S/c1-2-6-3-7(10)5-8(4-6)13(9,11)12/h3-5H,2H2,1H3. The smallest absolute Gasteiger partial charge is 0.207 e. The second kappa shape index (κ2) is 3.64. The second-order valence-corrected chi connectivity index (χ2v) is 5.15. The molecule has 1 aromatic carbocycles. The van der Waals surface area contributed by atoms with Gasteiger partial charge in [0.2, 0.25) is 0 Å². The molecular formula is C8H8ClFO2S. The molecule has 5 heteroatoms. The summed E-state index contributed by atoms with van der Waals surface area (Å²) in [4.78, 5) is -0.189. The Morgan fingerprint density at radius 1 is 1.38 bits per heavy atom. The zero-order valence-electron chi connectivity index (χ0n) is 6.92. The van der Waals surface area contributed by atoms with Crippen LogP contribution in [0.2, 0.25) is 0 Å². The predicted molar refractivity (Wildman–Crippen MR) is 48.8 cm³/mol. The quantitative estimate of drug-likeness (QED) is 0.720. The number of aryl methyl sites for hydroxylation is 1. The zero-order chi connectivity index (χ0) is 10.1. The van der Waals surface area contributed by atoms with Gasteiger partial charge in [0.05, 0.1) is 4.90 Å². The molecule has 0 radical (unpaired) electrons. The Balaban J connectivity index is 3.33. The Hall–Kier alpha value is -0.610. The minimum Gasteiger partial charge on any atom is -0.207 e. The Kier molecular flexibility index (Phi) is 2.93. The molecule has 0 saturated heterocycles. The van der Waals surface area contributed by atoms with E-state index in [9.17, 15) is 12.8 Å². The highest BCUT2D eigenvalue weighted by Crippen LogP contribution is 2.18. The molecule has 0 aliphatic rings. The third-order valence-electron chi connectivity index (χ3n) is 1.62. The van der Waals surface area contributed by atoms with E-state index < -0.39 is 14.9 Å². The van der Waals surface area contributed by atoms with Crippen molar-refractivity contribution in [3.05, 3.63) is 29.6 Å². The van der Waals surface area contributed by atoms with Crippen LogP contribution in [0, 0.1) is 5.82 Å². The fourth-order valence-electron chi connectivity index (χ4n) is 0.966. The van der Waals surface area contributed by atoms with Crippen LogP contribution in [-0.2, 0) is 15.5 Å². The lowest BCUT2D eigenvalue weighted by Crippen LogP contribution is -1.94. The average molecular weight is 223 g/mol. The van der Waals surface area contributed by atoms with Crippen molar-refractivity contribution >= 4 is 19.7 Å². The number of hydrogen-bond acceptors (Lipinski definition) is 2. The molecule has 0 fully saturated rings. The molecular weight excluding hydrogens is 215 g/mol. The van der Waals surface area contributed by atoms with Gasteiger partial charge in [0.15, 0.2) is 0 Å². The average Bonchev–Trinajstić information content (AvgIpc) is 2.01. The molecule has 0 saturated carbocycles. The SMILES string of the molecule is CCc1cc(F)cc(S(=O)(=O)Cl)c1. The summed E-state index contributed by atoms with van der Waals surface area (Å²) in [5.74, 6) is -0.585. The summed E-state index contributed by atoms with van der Waals surface area (Å²) in [5.41, 5.74) is 0.610. The van der Waals surface area contributed by atoms with Crippen molar-refractivity contribution in [3.8, 4) is 0 Å². The fraction of sp³-hybridized carbons (Fsp3) is 0.250. The van der Waals surface area contributed by atoms with E-state index in [0.29, 0.717) is 12.0 Å². The summed E-state index contributed by atoms with van der Waals surface area (Å²) < 4.78 is 34.5. The van der Waals surface area contributed by atoms with Crippen molar-refractivity contribution in [2.45, 2.75) is 18.2 Å². The van der Waals surface area contributed by atoms with Crippen LogP contribution in [0.15, 0.2) is 23.1 Å². The van der Waals surface area contributed by atoms with Crippen LogP contribution >= 0.6 is 10.7 Å². The maximum absolute atomic E-state index is 12.8. The van der Waals surface area contributed by atoms with Crippen molar-refractivity contribution < 1.29 is 12.8 Å². The minimum absolute atomic E-state index is 0.189. The number of rotatable bonds is 2. The van der Waals surface area contributed by atoms with Gasteiger partial charge in [-0.25, -0.2) is 12.8 Å². The minimum atomic E-state index is -3.83. The van der Waals surface area contributed by atoms with Crippen LogP contribution in [0.5, 0.6) is 0 Å². The lowest BCUT2D eigenvalue weighted by atomic mass is 10.2. The van der Waals surface area contributed by atoms with Crippen molar-refractivity contribution in [1.29, 1.82) is 0 Å². The summed E-state index contributed by atoms with van der Waals surface area (Å²) in [6.07, 6.45) is 0.567. The van der Waals surface area contributed by atoms with Crippen LogP contribution in [0.25, 0.3) is 0 Å². The van der Waals surface area contributed by atoms with Crippen molar-refractivity contribution in [3.63, 3.8) is 0 Å². The molecule has 0 aliphatic heterocycles. The van der Waals surface area contributed by atoms with E-state index in [2.05, 4.69) is 0 Å². The molecule has 0 amide bonds. The first-order valence-corrected chi connectivity index (χ1v) is 5.98. The van der Waals surface area contributed by atoms with Gasteiger partial charge in [-0.2, -0.15) is 0 Å². The molecule has 13 heavy (non-hydrogen) atoms. The van der Waals surface area contributed by atoms with E-state index in [1.807, 2.05) is 0 Å². The van der Waals surface area contributed by atoms with Crippen molar-refractivity contribution in [1.82, 2.24) is 0 Å². The molecule has 1 rings (SSSR count). The van der Waals surface area contributed by atoms with E-state index in [0.717, 1.165) is 6.07 Å². The molecule has 0 aliphatic carbocycles. The lowest BCUT2D eigenvalue weighted by Gasteiger charge is -2.00. The first kappa shape index (κ1) is 10.5. The van der Waals surface area contributed by atoms with Crippen LogP contribution < -0.4 is 0 Å². The molecule has 0 aromatic heterocycles. The summed E-state index contributed by atoms with van der Waals surface area (Å²) in [6, 6.07) is 3.55.